The highest BCUT2D eigenvalue weighted by Crippen LogP contribution is 2.29. The maximum Gasteiger partial charge on any atom is 0.255 e. The predicted octanol–water partition coefficient (Wildman–Crippen LogP) is 3.63. The summed E-state index contributed by atoms with van der Waals surface area (Å²) >= 11 is 0. The number of hydrogen-bond acceptors (Lipinski definition) is 4. The fraction of sp³-hybridized carbons (Fsp3) is 0.435. The Morgan fingerprint density at radius 2 is 1.82 bits per heavy atom. The van der Waals surface area contributed by atoms with Gasteiger partial charge in [-0.25, -0.2) is 0 Å². The molecule has 5 heteroatoms. The Labute approximate surface area is 166 Å². The van der Waals surface area contributed by atoms with Gasteiger partial charge in [0.2, 0.25) is 0 Å². The van der Waals surface area contributed by atoms with E-state index in [9.17, 15) is 4.79 Å². The number of nitrogens with one attached hydrogen (secondary N) is 1. The SMILES string of the molecule is COc1ccc(C(=O)NC2CC2)c(OC2CCN(Cc3ccccc3)CC2)c1. The van der Waals surface area contributed by atoms with E-state index >= 15 is 0 Å². The van der Waals surface area contributed by atoms with E-state index in [1.165, 1.54) is 5.56 Å². The van der Waals surface area contributed by atoms with Crippen molar-refractivity contribution in [1.29, 1.82) is 0 Å². The van der Waals surface area contributed by atoms with Gasteiger partial charge in [-0.15, -0.1) is 0 Å². The smallest absolute Gasteiger partial charge is 0.255 e. The zero-order valence-corrected chi connectivity index (χ0v) is 16.4. The van der Waals surface area contributed by atoms with Gasteiger partial charge in [0.1, 0.15) is 17.6 Å². The molecule has 148 valence electrons. The van der Waals surface area contributed by atoms with Gasteiger partial charge in [0.25, 0.3) is 5.91 Å². The molecule has 5 nitrogen and oxygen atoms in total. The van der Waals surface area contributed by atoms with Crippen molar-refractivity contribution in [2.24, 2.45) is 0 Å². The fourth-order valence-electron chi connectivity index (χ4n) is 3.61. The molecule has 28 heavy (non-hydrogen) atoms. The van der Waals surface area contributed by atoms with Crippen LogP contribution in [0.25, 0.3) is 0 Å². The zero-order chi connectivity index (χ0) is 19.3. The summed E-state index contributed by atoms with van der Waals surface area (Å²) in [6.45, 7) is 2.96. The number of likely N-dealkylation sites (tertiary alicyclic amines) is 1. The van der Waals surface area contributed by atoms with E-state index in [4.69, 9.17) is 9.47 Å². The number of carbonyl (C=O) groups is 1. The lowest BCUT2D eigenvalue weighted by Gasteiger charge is -2.32. The Morgan fingerprint density at radius 1 is 1.07 bits per heavy atom. The molecule has 0 radical (unpaired) electrons. The minimum Gasteiger partial charge on any atom is -0.497 e. The van der Waals surface area contributed by atoms with Crippen LogP contribution in [0.1, 0.15) is 41.6 Å². The second-order valence-corrected chi connectivity index (χ2v) is 7.69. The van der Waals surface area contributed by atoms with Crippen LogP contribution in [0.3, 0.4) is 0 Å². The van der Waals surface area contributed by atoms with Crippen LogP contribution in [0, 0.1) is 0 Å². The summed E-state index contributed by atoms with van der Waals surface area (Å²) in [6, 6.07) is 16.3. The summed E-state index contributed by atoms with van der Waals surface area (Å²) in [5.74, 6) is 1.28. The third kappa shape index (κ3) is 4.84. The minimum absolute atomic E-state index is 0.0540. The van der Waals surface area contributed by atoms with Crippen molar-refractivity contribution in [2.75, 3.05) is 20.2 Å². The van der Waals surface area contributed by atoms with Gasteiger partial charge in [0.05, 0.1) is 12.7 Å². The van der Waals surface area contributed by atoms with E-state index in [0.29, 0.717) is 23.1 Å². The number of nitrogens with zero attached hydrogens (tertiary/aromatic N) is 1. The van der Waals surface area contributed by atoms with Gasteiger partial charge >= 0.3 is 0 Å². The standard InChI is InChI=1S/C23H28N2O3/c1-27-20-9-10-21(23(26)24-18-7-8-18)22(15-20)28-19-11-13-25(14-12-19)16-17-5-3-2-4-6-17/h2-6,9-10,15,18-19H,7-8,11-14,16H2,1H3,(H,24,26). The molecule has 1 saturated heterocycles. The maximum atomic E-state index is 12.6. The van der Waals surface area contributed by atoms with Crippen LogP contribution in [-0.4, -0.2) is 43.2 Å². The first kappa shape index (κ1) is 18.8. The third-order valence-electron chi connectivity index (χ3n) is 5.42. The lowest BCUT2D eigenvalue weighted by molar-refractivity contribution is 0.0889. The molecule has 1 N–H and O–H groups in total. The highest BCUT2D eigenvalue weighted by atomic mass is 16.5. The van der Waals surface area contributed by atoms with Crippen molar-refractivity contribution >= 4 is 5.91 Å². The molecule has 0 atom stereocenters. The zero-order valence-electron chi connectivity index (χ0n) is 16.4. The van der Waals surface area contributed by atoms with Gasteiger partial charge < -0.3 is 14.8 Å². The number of hydrogen-bond donors (Lipinski definition) is 1. The second kappa shape index (κ2) is 8.65. The fourth-order valence-corrected chi connectivity index (χ4v) is 3.61. The van der Waals surface area contributed by atoms with Crippen LogP contribution in [0.5, 0.6) is 11.5 Å². The summed E-state index contributed by atoms with van der Waals surface area (Å²) in [7, 11) is 1.63. The van der Waals surface area contributed by atoms with Gasteiger partial charge in [-0.1, -0.05) is 30.3 Å². The molecule has 1 amide bonds. The molecule has 0 aromatic heterocycles. The van der Waals surface area contributed by atoms with Crippen LogP contribution >= 0.6 is 0 Å². The predicted molar refractivity (Wildman–Crippen MR) is 109 cm³/mol. The summed E-state index contributed by atoms with van der Waals surface area (Å²) in [5, 5.41) is 3.05. The van der Waals surface area contributed by atoms with E-state index in [-0.39, 0.29) is 12.0 Å². The van der Waals surface area contributed by atoms with Crippen LogP contribution in [-0.2, 0) is 6.54 Å². The number of carbonyl (C=O) groups excluding carboxylic acids is 1. The number of amides is 1. The molecule has 4 rings (SSSR count). The Balaban J connectivity index is 1.37. The molecular weight excluding hydrogens is 352 g/mol. The second-order valence-electron chi connectivity index (χ2n) is 7.69. The summed E-state index contributed by atoms with van der Waals surface area (Å²) < 4.78 is 11.6. The molecule has 2 aromatic carbocycles. The molecule has 2 aliphatic rings. The number of ether oxygens (including phenoxy) is 2. The van der Waals surface area contributed by atoms with Gasteiger partial charge in [-0.2, -0.15) is 0 Å². The first-order chi connectivity index (χ1) is 13.7. The Hall–Kier alpha value is -2.53. The molecule has 2 aromatic rings. The van der Waals surface area contributed by atoms with Crippen LogP contribution in [0.2, 0.25) is 0 Å². The van der Waals surface area contributed by atoms with E-state index in [0.717, 1.165) is 45.3 Å². The lowest BCUT2D eigenvalue weighted by Crippen LogP contribution is -2.38. The van der Waals surface area contributed by atoms with E-state index in [1.54, 1.807) is 13.2 Å². The van der Waals surface area contributed by atoms with Crippen molar-refractivity contribution in [3.05, 3.63) is 59.7 Å². The monoisotopic (exact) mass is 380 g/mol. The van der Waals surface area contributed by atoms with Gasteiger partial charge in [0, 0.05) is 31.7 Å². The molecule has 1 aliphatic heterocycles. The summed E-state index contributed by atoms with van der Waals surface area (Å²) in [5.41, 5.74) is 1.94. The maximum absolute atomic E-state index is 12.6. The summed E-state index contributed by atoms with van der Waals surface area (Å²) in [4.78, 5) is 15.0. The van der Waals surface area contributed by atoms with Crippen molar-refractivity contribution in [3.8, 4) is 11.5 Å². The minimum atomic E-state index is -0.0540. The van der Waals surface area contributed by atoms with Gasteiger partial charge in [-0.3, -0.25) is 9.69 Å². The molecule has 0 unspecified atom stereocenters. The molecule has 1 heterocycles. The van der Waals surface area contributed by atoms with Crippen molar-refractivity contribution in [2.45, 2.75) is 44.4 Å². The highest BCUT2D eigenvalue weighted by Gasteiger charge is 2.27. The quantitative estimate of drug-likeness (QED) is 0.797. The normalized spacial score (nSPS) is 17.9. The first-order valence-electron chi connectivity index (χ1n) is 10.1. The van der Waals surface area contributed by atoms with Crippen molar-refractivity contribution < 1.29 is 14.3 Å². The van der Waals surface area contributed by atoms with E-state index in [2.05, 4.69) is 40.5 Å². The lowest BCUT2D eigenvalue weighted by atomic mass is 10.1. The largest absolute Gasteiger partial charge is 0.497 e. The topological polar surface area (TPSA) is 50.8 Å². The molecule has 0 bridgehead atoms. The van der Waals surface area contributed by atoms with Gasteiger partial charge in [0.15, 0.2) is 0 Å². The Kier molecular flexibility index (Phi) is 5.81. The van der Waals surface area contributed by atoms with E-state index < -0.39 is 0 Å². The Bertz CT molecular complexity index is 797. The molecule has 1 saturated carbocycles. The van der Waals surface area contributed by atoms with E-state index in [1.807, 2.05) is 12.1 Å². The van der Waals surface area contributed by atoms with Crippen molar-refractivity contribution in [3.63, 3.8) is 0 Å². The summed E-state index contributed by atoms with van der Waals surface area (Å²) in [6.07, 6.45) is 4.16. The molecule has 2 fully saturated rings. The average Bonchev–Trinajstić information content (AvgIpc) is 3.54. The highest BCUT2D eigenvalue weighted by molar-refractivity contribution is 5.97. The number of methoxy groups -OCH3 is 1. The third-order valence-corrected chi connectivity index (χ3v) is 5.42. The van der Waals surface area contributed by atoms with Gasteiger partial charge in [-0.05, 0) is 43.4 Å². The number of benzene rings is 2. The van der Waals surface area contributed by atoms with Crippen LogP contribution < -0.4 is 14.8 Å². The molecule has 1 aliphatic carbocycles. The molecule has 0 spiro atoms. The number of piperidine rings is 1. The van der Waals surface area contributed by atoms with Crippen molar-refractivity contribution in [1.82, 2.24) is 10.2 Å². The first-order valence-corrected chi connectivity index (χ1v) is 10.1. The van der Waals surface area contributed by atoms with Crippen LogP contribution in [0.4, 0.5) is 0 Å². The Morgan fingerprint density at radius 3 is 2.50 bits per heavy atom. The molecular formula is C23H28N2O3. The van der Waals surface area contributed by atoms with Crippen LogP contribution in [0.15, 0.2) is 48.5 Å². The average molecular weight is 380 g/mol. The number of rotatable bonds is 7.